The van der Waals surface area contributed by atoms with E-state index in [0.717, 1.165) is 6.42 Å². The summed E-state index contributed by atoms with van der Waals surface area (Å²) in [5, 5.41) is 11.0. The number of nitrogens with two attached hydrogens (primary N) is 1. The first-order valence-electron chi connectivity index (χ1n) is 5.36. The Hall–Kier alpha value is -1.70. The summed E-state index contributed by atoms with van der Waals surface area (Å²) in [5.41, 5.74) is 5.17. The Morgan fingerprint density at radius 3 is 3.00 bits per heavy atom. The molecule has 0 saturated carbocycles. The molecule has 7 nitrogen and oxygen atoms in total. The standard InChI is InChI=1S/C10H11BrN4O3/c11-6-4-8(15(17)18)10(13-5-6)14-3-1-2-7(14)9(12)16/h4-5,7H,1-3H2,(H2,12,16). The third-order valence-electron chi connectivity index (χ3n) is 2.86. The van der Waals surface area contributed by atoms with Crippen molar-refractivity contribution in [3.05, 3.63) is 26.9 Å². The Bertz CT molecular complexity index is 508. The lowest BCUT2D eigenvalue weighted by molar-refractivity contribution is -0.384. The Morgan fingerprint density at radius 2 is 2.39 bits per heavy atom. The maximum absolute atomic E-state index is 11.3. The maximum Gasteiger partial charge on any atom is 0.312 e. The van der Waals surface area contributed by atoms with Crippen LogP contribution in [0.1, 0.15) is 12.8 Å². The van der Waals surface area contributed by atoms with Gasteiger partial charge in [-0.1, -0.05) is 0 Å². The fourth-order valence-electron chi connectivity index (χ4n) is 2.09. The van der Waals surface area contributed by atoms with Crippen LogP contribution < -0.4 is 10.6 Å². The summed E-state index contributed by atoms with van der Waals surface area (Å²) in [6, 6.07) is 0.857. The normalized spacial score (nSPS) is 18.9. The van der Waals surface area contributed by atoms with Crippen molar-refractivity contribution in [3.63, 3.8) is 0 Å². The van der Waals surface area contributed by atoms with Gasteiger partial charge in [0.25, 0.3) is 0 Å². The highest BCUT2D eigenvalue weighted by Gasteiger charge is 2.34. The fraction of sp³-hybridized carbons (Fsp3) is 0.400. The summed E-state index contributed by atoms with van der Waals surface area (Å²) in [7, 11) is 0. The number of anilines is 1. The molecule has 1 aliphatic rings. The van der Waals surface area contributed by atoms with Gasteiger partial charge in [-0.25, -0.2) is 4.98 Å². The zero-order valence-corrected chi connectivity index (χ0v) is 11.0. The number of hydrogen-bond acceptors (Lipinski definition) is 5. The van der Waals surface area contributed by atoms with Gasteiger partial charge in [0, 0.05) is 23.3 Å². The number of rotatable bonds is 3. The number of primary amides is 1. The van der Waals surface area contributed by atoms with E-state index in [1.807, 2.05) is 0 Å². The molecular weight excluding hydrogens is 304 g/mol. The largest absolute Gasteiger partial charge is 0.368 e. The number of nitro groups is 1. The summed E-state index contributed by atoms with van der Waals surface area (Å²) in [6.07, 6.45) is 2.84. The summed E-state index contributed by atoms with van der Waals surface area (Å²) in [6.45, 7) is 0.545. The summed E-state index contributed by atoms with van der Waals surface area (Å²) in [5.74, 6) is -0.281. The number of nitrogens with zero attached hydrogens (tertiary/aromatic N) is 3. The molecule has 96 valence electrons. The smallest absolute Gasteiger partial charge is 0.312 e. The zero-order valence-electron chi connectivity index (χ0n) is 9.38. The molecule has 8 heteroatoms. The number of halogens is 1. The molecule has 0 aromatic carbocycles. The molecule has 18 heavy (non-hydrogen) atoms. The van der Waals surface area contributed by atoms with E-state index in [4.69, 9.17) is 5.73 Å². The van der Waals surface area contributed by atoms with Crippen molar-refractivity contribution in [2.75, 3.05) is 11.4 Å². The molecule has 2 N–H and O–H groups in total. The van der Waals surface area contributed by atoms with E-state index in [1.54, 1.807) is 4.90 Å². The Balaban J connectivity index is 2.44. The van der Waals surface area contributed by atoms with Gasteiger partial charge in [0.1, 0.15) is 6.04 Å². The van der Waals surface area contributed by atoms with E-state index >= 15 is 0 Å². The third-order valence-corrected chi connectivity index (χ3v) is 3.30. The van der Waals surface area contributed by atoms with Crippen molar-refractivity contribution in [2.45, 2.75) is 18.9 Å². The van der Waals surface area contributed by atoms with Crippen LogP contribution in [0.2, 0.25) is 0 Å². The van der Waals surface area contributed by atoms with Gasteiger partial charge < -0.3 is 10.6 Å². The first-order valence-corrected chi connectivity index (χ1v) is 6.16. The second kappa shape index (κ2) is 4.89. The van der Waals surface area contributed by atoms with E-state index in [0.29, 0.717) is 17.4 Å². The van der Waals surface area contributed by atoms with Crippen LogP contribution in [0.25, 0.3) is 0 Å². The first kappa shape index (κ1) is 12.7. The van der Waals surface area contributed by atoms with Crippen molar-refractivity contribution >= 4 is 33.3 Å². The molecule has 1 amide bonds. The predicted molar refractivity (Wildman–Crippen MR) is 68.2 cm³/mol. The topological polar surface area (TPSA) is 102 Å². The van der Waals surface area contributed by atoms with E-state index in [9.17, 15) is 14.9 Å². The molecule has 1 aromatic heterocycles. The third kappa shape index (κ3) is 2.28. The lowest BCUT2D eigenvalue weighted by Crippen LogP contribution is -2.41. The van der Waals surface area contributed by atoms with Crippen molar-refractivity contribution < 1.29 is 9.72 Å². The fourth-order valence-corrected chi connectivity index (χ4v) is 2.41. The summed E-state index contributed by atoms with van der Waals surface area (Å²) >= 11 is 3.14. The zero-order chi connectivity index (χ0) is 13.3. The van der Waals surface area contributed by atoms with Crippen molar-refractivity contribution in [1.82, 2.24) is 4.98 Å². The minimum absolute atomic E-state index is 0.127. The average molecular weight is 315 g/mol. The monoisotopic (exact) mass is 314 g/mol. The molecule has 0 aliphatic carbocycles. The van der Waals surface area contributed by atoms with E-state index in [2.05, 4.69) is 20.9 Å². The van der Waals surface area contributed by atoms with Crippen LogP contribution in [0.15, 0.2) is 16.7 Å². The lowest BCUT2D eigenvalue weighted by atomic mass is 10.2. The van der Waals surface area contributed by atoms with Crippen LogP contribution in [0.4, 0.5) is 11.5 Å². The molecular formula is C10H11BrN4O3. The average Bonchev–Trinajstić information content (AvgIpc) is 2.77. The van der Waals surface area contributed by atoms with Crippen molar-refractivity contribution in [3.8, 4) is 0 Å². The Labute approximate surface area is 111 Å². The first-order chi connectivity index (χ1) is 8.50. The lowest BCUT2D eigenvalue weighted by Gasteiger charge is -2.22. The molecule has 1 aliphatic heterocycles. The number of carbonyl (C=O) groups excluding carboxylic acids is 1. The highest BCUT2D eigenvalue weighted by Crippen LogP contribution is 2.33. The van der Waals surface area contributed by atoms with Gasteiger partial charge >= 0.3 is 5.69 Å². The van der Waals surface area contributed by atoms with Gasteiger partial charge in [-0.05, 0) is 28.8 Å². The van der Waals surface area contributed by atoms with Crippen LogP contribution in [0.3, 0.4) is 0 Å². The highest BCUT2D eigenvalue weighted by molar-refractivity contribution is 9.10. The molecule has 0 bridgehead atoms. The second-order valence-corrected chi connectivity index (χ2v) is 4.92. The molecule has 0 spiro atoms. The van der Waals surface area contributed by atoms with Gasteiger partial charge in [-0.15, -0.1) is 0 Å². The summed E-state index contributed by atoms with van der Waals surface area (Å²) in [4.78, 5) is 27.5. The SMILES string of the molecule is NC(=O)C1CCCN1c1ncc(Br)cc1[N+](=O)[O-]. The van der Waals surface area contributed by atoms with Crippen LogP contribution >= 0.6 is 15.9 Å². The molecule has 1 unspecified atom stereocenters. The molecule has 1 atom stereocenters. The molecule has 2 rings (SSSR count). The number of carbonyl (C=O) groups is 1. The molecule has 0 radical (unpaired) electrons. The molecule has 1 aromatic rings. The maximum atomic E-state index is 11.3. The minimum atomic E-state index is -0.516. The van der Waals surface area contributed by atoms with Crippen molar-refractivity contribution in [1.29, 1.82) is 0 Å². The van der Waals surface area contributed by atoms with Gasteiger partial charge in [0.15, 0.2) is 0 Å². The Kier molecular flexibility index (Phi) is 3.46. The van der Waals surface area contributed by atoms with Crippen molar-refractivity contribution in [2.24, 2.45) is 5.73 Å². The number of pyridine rings is 1. The predicted octanol–water partition coefficient (Wildman–Crippen LogP) is 1.21. The van der Waals surface area contributed by atoms with Gasteiger partial charge in [0.2, 0.25) is 11.7 Å². The molecule has 1 fully saturated rings. The highest BCUT2D eigenvalue weighted by atomic mass is 79.9. The van der Waals surface area contributed by atoms with Crippen LogP contribution in [-0.4, -0.2) is 28.4 Å². The van der Waals surface area contributed by atoms with Crippen LogP contribution in [0.5, 0.6) is 0 Å². The Morgan fingerprint density at radius 1 is 1.67 bits per heavy atom. The van der Waals surface area contributed by atoms with Gasteiger partial charge in [0.05, 0.1) is 4.92 Å². The number of aromatic nitrogens is 1. The summed E-state index contributed by atoms with van der Waals surface area (Å²) < 4.78 is 0.521. The molecule has 2 heterocycles. The van der Waals surface area contributed by atoms with Gasteiger partial charge in [-0.2, -0.15) is 0 Å². The van der Waals surface area contributed by atoms with Gasteiger partial charge in [-0.3, -0.25) is 14.9 Å². The van der Waals surface area contributed by atoms with E-state index < -0.39 is 16.9 Å². The van der Waals surface area contributed by atoms with Crippen LogP contribution in [0, 0.1) is 10.1 Å². The van der Waals surface area contributed by atoms with E-state index in [-0.39, 0.29) is 11.5 Å². The quantitative estimate of drug-likeness (QED) is 0.667. The van der Waals surface area contributed by atoms with E-state index in [1.165, 1.54) is 12.3 Å². The molecule has 1 saturated heterocycles. The minimum Gasteiger partial charge on any atom is -0.368 e. The van der Waals surface area contributed by atoms with Crippen LogP contribution in [-0.2, 0) is 4.79 Å². The number of hydrogen-bond donors (Lipinski definition) is 1. The second-order valence-electron chi connectivity index (χ2n) is 4.01. The number of amides is 1.